The number of hydrogen-bond acceptors (Lipinski definition) is 5. The molecular formula is C7H10O5S2. The minimum absolute atomic E-state index is 0.0185. The van der Waals surface area contributed by atoms with Gasteiger partial charge in [0.2, 0.25) is 0 Å². The molecule has 0 N–H and O–H groups in total. The molecule has 0 aromatic heterocycles. The summed E-state index contributed by atoms with van der Waals surface area (Å²) in [7, 11) is -7.09. The maximum Gasteiger partial charge on any atom is 0.294 e. The van der Waals surface area contributed by atoms with Crippen molar-refractivity contribution in [3.8, 4) is 0 Å². The van der Waals surface area contributed by atoms with Crippen molar-refractivity contribution >= 4 is 20.0 Å². The topological polar surface area (TPSA) is 77.5 Å². The summed E-state index contributed by atoms with van der Waals surface area (Å²) in [6.45, 7) is -0.0552. The highest BCUT2D eigenvalue weighted by atomic mass is 32.2. The van der Waals surface area contributed by atoms with Gasteiger partial charge in [-0.25, -0.2) is 8.42 Å². The van der Waals surface area contributed by atoms with Crippen molar-refractivity contribution in [2.24, 2.45) is 0 Å². The molecule has 2 rings (SSSR count). The molecule has 7 heteroatoms. The van der Waals surface area contributed by atoms with Crippen LogP contribution in [0.3, 0.4) is 0 Å². The van der Waals surface area contributed by atoms with E-state index < -0.39 is 20.0 Å². The predicted octanol–water partition coefficient (Wildman–Crippen LogP) is 0.157. The Morgan fingerprint density at radius 2 is 1.71 bits per heavy atom. The lowest BCUT2D eigenvalue weighted by Crippen LogP contribution is -2.27. The Labute approximate surface area is 82.8 Å². The van der Waals surface area contributed by atoms with E-state index in [2.05, 4.69) is 4.18 Å². The molecule has 2 heterocycles. The second-order valence-electron chi connectivity index (χ2n) is 3.29. The maximum atomic E-state index is 11.5. The molecule has 14 heavy (non-hydrogen) atoms. The summed E-state index contributed by atoms with van der Waals surface area (Å²) < 4.78 is 50.3. The summed E-state index contributed by atoms with van der Waals surface area (Å²) in [6.07, 6.45) is 0.845. The summed E-state index contributed by atoms with van der Waals surface area (Å²) >= 11 is 0. The van der Waals surface area contributed by atoms with Crippen LogP contribution in [0.15, 0.2) is 9.81 Å². The Hall–Kier alpha value is -0.400. The van der Waals surface area contributed by atoms with Crippen LogP contribution in [0.2, 0.25) is 0 Å². The van der Waals surface area contributed by atoms with Crippen LogP contribution in [-0.2, 0) is 24.1 Å². The molecule has 0 unspecified atom stereocenters. The van der Waals surface area contributed by atoms with Gasteiger partial charge in [-0.05, 0) is 12.8 Å². The molecule has 0 aliphatic carbocycles. The van der Waals surface area contributed by atoms with Gasteiger partial charge >= 0.3 is 0 Å². The molecule has 0 atom stereocenters. The average Bonchev–Trinajstić information content (AvgIpc) is 2.05. The molecule has 2 aliphatic rings. The summed E-state index contributed by atoms with van der Waals surface area (Å²) in [5.41, 5.74) is 0. The average molecular weight is 238 g/mol. The maximum absolute atomic E-state index is 11.5. The van der Waals surface area contributed by atoms with E-state index in [0.717, 1.165) is 0 Å². The molecular weight excluding hydrogens is 228 g/mol. The van der Waals surface area contributed by atoms with E-state index in [-0.39, 0.29) is 35.0 Å². The Morgan fingerprint density at radius 3 is 2.36 bits per heavy atom. The summed E-state index contributed by atoms with van der Waals surface area (Å²) in [5.74, 6) is 0.0569. The van der Waals surface area contributed by atoms with E-state index in [1.807, 2.05) is 0 Å². The van der Waals surface area contributed by atoms with E-state index in [4.69, 9.17) is 0 Å². The molecule has 0 aromatic rings. The van der Waals surface area contributed by atoms with Crippen molar-refractivity contribution in [3.05, 3.63) is 9.81 Å². The standard InChI is InChI=1S/C7H10O5S2/c8-13(9)5-1-2-7-6(13)3-4-12-14(7,10)11/h1-5H2. The second kappa shape index (κ2) is 3.04. The first-order chi connectivity index (χ1) is 6.43. The summed E-state index contributed by atoms with van der Waals surface area (Å²) in [4.78, 5) is 0.0602. The largest absolute Gasteiger partial charge is 0.294 e. The number of rotatable bonds is 0. The van der Waals surface area contributed by atoms with Gasteiger partial charge in [-0.15, -0.1) is 0 Å². The molecule has 0 radical (unpaired) electrons. The highest BCUT2D eigenvalue weighted by Gasteiger charge is 2.36. The second-order valence-corrected chi connectivity index (χ2v) is 7.06. The molecule has 2 aliphatic heterocycles. The monoisotopic (exact) mass is 238 g/mol. The van der Waals surface area contributed by atoms with Gasteiger partial charge < -0.3 is 0 Å². The first kappa shape index (κ1) is 10.1. The van der Waals surface area contributed by atoms with Gasteiger partial charge in [-0.1, -0.05) is 0 Å². The lowest BCUT2D eigenvalue weighted by molar-refractivity contribution is 0.318. The quantitative estimate of drug-likeness (QED) is 0.562. The van der Waals surface area contributed by atoms with Gasteiger partial charge in [0.05, 0.1) is 22.2 Å². The molecule has 0 saturated heterocycles. The number of allylic oxidation sites excluding steroid dienone is 1. The van der Waals surface area contributed by atoms with Crippen LogP contribution in [0.1, 0.15) is 19.3 Å². The highest BCUT2D eigenvalue weighted by molar-refractivity contribution is 7.97. The molecule has 80 valence electrons. The van der Waals surface area contributed by atoms with E-state index in [1.165, 1.54) is 0 Å². The molecule has 0 spiro atoms. The minimum atomic E-state index is -3.75. The molecule has 0 aromatic carbocycles. The van der Waals surface area contributed by atoms with Crippen molar-refractivity contribution < 1.29 is 21.0 Å². The van der Waals surface area contributed by atoms with Crippen LogP contribution in [-0.4, -0.2) is 29.2 Å². The van der Waals surface area contributed by atoms with Gasteiger partial charge in [0, 0.05) is 6.42 Å². The van der Waals surface area contributed by atoms with E-state index in [9.17, 15) is 16.8 Å². The van der Waals surface area contributed by atoms with Crippen molar-refractivity contribution in [1.82, 2.24) is 0 Å². The fourth-order valence-electron chi connectivity index (χ4n) is 1.73. The van der Waals surface area contributed by atoms with Crippen LogP contribution in [0.4, 0.5) is 0 Å². The van der Waals surface area contributed by atoms with Crippen LogP contribution in [0.25, 0.3) is 0 Å². The Kier molecular flexibility index (Phi) is 2.20. The first-order valence-corrected chi connectivity index (χ1v) is 7.34. The lowest BCUT2D eigenvalue weighted by Gasteiger charge is -2.23. The van der Waals surface area contributed by atoms with Crippen molar-refractivity contribution in [2.75, 3.05) is 12.4 Å². The SMILES string of the molecule is O=S1(=O)CCCC2=C1CCOS2(=O)=O. The lowest BCUT2D eigenvalue weighted by atomic mass is 10.2. The molecule has 5 nitrogen and oxygen atoms in total. The zero-order valence-electron chi connectivity index (χ0n) is 7.39. The van der Waals surface area contributed by atoms with E-state index >= 15 is 0 Å². The third-order valence-electron chi connectivity index (χ3n) is 2.37. The smallest absolute Gasteiger partial charge is 0.266 e. The Balaban J connectivity index is 2.67. The first-order valence-electron chi connectivity index (χ1n) is 4.28. The molecule has 0 amide bonds. The van der Waals surface area contributed by atoms with Crippen LogP contribution in [0, 0.1) is 0 Å². The number of hydrogen-bond donors (Lipinski definition) is 0. The summed E-state index contributed by atoms with van der Waals surface area (Å²) in [5, 5.41) is 0. The minimum Gasteiger partial charge on any atom is -0.266 e. The zero-order chi connectivity index (χ0) is 10.4. The van der Waals surface area contributed by atoms with Crippen molar-refractivity contribution in [1.29, 1.82) is 0 Å². The normalized spacial score (nSPS) is 29.7. The van der Waals surface area contributed by atoms with E-state index in [0.29, 0.717) is 6.42 Å². The fraction of sp³-hybridized carbons (Fsp3) is 0.714. The third-order valence-corrected chi connectivity index (χ3v) is 6.06. The van der Waals surface area contributed by atoms with Gasteiger partial charge in [0.15, 0.2) is 9.84 Å². The van der Waals surface area contributed by atoms with Gasteiger partial charge in [0.1, 0.15) is 0 Å². The third kappa shape index (κ3) is 1.49. The van der Waals surface area contributed by atoms with Crippen molar-refractivity contribution in [2.45, 2.75) is 19.3 Å². The van der Waals surface area contributed by atoms with Crippen LogP contribution in [0.5, 0.6) is 0 Å². The summed E-state index contributed by atoms with van der Waals surface area (Å²) in [6, 6.07) is 0. The predicted molar refractivity (Wildman–Crippen MR) is 49.5 cm³/mol. The highest BCUT2D eigenvalue weighted by Crippen LogP contribution is 2.34. The zero-order valence-corrected chi connectivity index (χ0v) is 9.03. The number of sulfone groups is 1. The fourth-order valence-corrected chi connectivity index (χ4v) is 5.25. The van der Waals surface area contributed by atoms with Crippen LogP contribution >= 0.6 is 0 Å². The van der Waals surface area contributed by atoms with Gasteiger partial charge in [-0.2, -0.15) is 8.42 Å². The molecule has 0 saturated carbocycles. The van der Waals surface area contributed by atoms with Gasteiger partial charge in [0.25, 0.3) is 10.1 Å². The van der Waals surface area contributed by atoms with Crippen LogP contribution < -0.4 is 0 Å². The van der Waals surface area contributed by atoms with Crippen molar-refractivity contribution in [3.63, 3.8) is 0 Å². The molecule has 0 bridgehead atoms. The molecule has 0 fully saturated rings. The Bertz CT molecular complexity index is 436. The Morgan fingerprint density at radius 1 is 1.00 bits per heavy atom. The van der Waals surface area contributed by atoms with Gasteiger partial charge in [-0.3, -0.25) is 4.18 Å². The van der Waals surface area contributed by atoms with E-state index in [1.54, 1.807) is 0 Å².